The average Bonchev–Trinajstić information content (AvgIpc) is 2.77. The maximum atomic E-state index is 13.6. The molecule has 2 aromatic carbocycles. The molecule has 1 aromatic heterocycles. The number of aromatic nitrogens is 1. The molecule has 0 spiro atoms. The monoisotopic (exact) mass is 428 g/mol. The highest BCUT2D eigenvalue weighted by Crippen LogP contribution is 2.35. The standard InChI is InChI=1S/C22H16F4N4O/c23-12-14-3-7-16(8-4-14)19(20-18(22(24,25)26)2-1-11-28-20)30-21(31)29-17-9-5-15(13-27)6-10-17/h1-11,19H,12H2,(H2,29,30,31)/t19-/m0/s1. The summed E-state index contributed by atoms with van der Waals surface area (Å²) in [6.07, 6.45) is -3.49. The third-order valence-electron chi connectivity index (χ3n) is 4.43. The molecular weight excluding hydrogens is 412 g/mol. The first kappa shape index (κ1) is 21.8. The maximum Gasteiger partial charge on any atom is 0.418 e. The highest BCUT2D eigenvalue weighted by Gasteiger charge is 2.37. The summed E-state index contributed by atoms with van der Waals surface area (Å²) in [5.41, 5.74) is 0.00406. The van der Waals surface area contributed by atoms with E-state index in [0.717, 1.165) is 12.1 Å². The van der Waals surface area contributed by atoms with E-state index in [2.05, 4.69) is 15.6 Å². The number of alkyl halides is 4. The number of amides is 2. The molecule has 2 N–H and O–H groups in total. The predicted molar refractivity (Wildman–Crippen MR) is 106 cm³/mol. The molecule has 5 nitrogen and oxygen atoms in total. The van der Waals surface area contributed by atoms with Gasteiger partial charge in [0.2, 0.25) is 0 Å². The molecule has 3 aromatic rings. The number of carbonyl (C=O) groups excluding carboxylic acids is 1. The summed E-state index contributed by atoms with van der Waals surface area (Å²) in [7, 11) is 0. The Labute approximate surface area is 175 Å². The van der Waals surface area contributed by atoms with E-state index in [-0.39, 0.29) is 0 Å². The van der Waals surface area contributed by atoms with Crippen molar-refractivity contribution in [1.82, 2.24) is 10.3 Å². The van der Waals surface area contributed by atoms with Crippen molar-refractivity contribution in [2.24, 2.45) is 0 Å². The van der Waals surface area contributed by atoms with Gasteiger partial charge in [-0.3, -0.25) is 4.98 Å². The average molecular weight is 428 g/mol. The smallest absolute Gasteiger partial charge is 0.325 e. The van der Waals surface area contributed by atoms with Gasteiger partial charge in [0.1, 0.15) is 6.67 Å². The Morgan fingerprint density at radius 2 is 1.74 bits per heavy atom. The molecule has 0 radical (unpaired) electrons. The molecule has 9 heteroatoms. The van der Waals surface area contributed by atoms with E-state index in [1.54, 1.807) is 0 Å². The van der Waals surface area contributed by atoms with Crippen LogP contribution >= 0.6 is 0 Å². The lowest BCUT2D eigenvalue weighted by Gasteiger charge is -2.22. The summed E-state index contributed by atoms with van der Waals surface area (Å²) in [6.45, 7) is -0.727. The van der Waals surface area contributed by atoms with Gasteiger partial charge in [-0.1, -0.05) is 24.3 Å². The molecule has 31 heavy (non-hydrogen) atoms. The van der Waals surface area contributed by atoms with E-state index >= 15 is 0 Å². The normalized spacial score (nSPS) is 12.0. The Hall–Kier alpha value is -3.93. The Morgan fingerprint density at radius 3 is 2.32 bits per heavy atom. The molecule has 0 saturated carbocycles. The summed E-state index contributed by atoms with van der Waals surface area (Å²) in [5, 5.41) is 13.9. The lowest BCUT2D eigenvalue weighted by molar-refractivity contribution is -0.138. The van der Waals surface area contributed by atoms with Crippen molar-refractivity contribution >= 4 is 11.7 Å². The number of nitriles is 1. The number of benzene rings is 2. The summed E-state index contributed by atoms with van der Waals surface area (Å²) >= 11 is 0. The molecule has 3 rings (SSSR count). The van der Waals surface area contributed by atoms with Crippen LogP contribution in [0.2, 0.25) is 0 Å². The second-order valence-electron chi connectivity index (χ2n) is 6.53. The lowest BCUT2D eigenvalue weighted by atomic mass is 9.98. The number of carbonyl (C=O) groups is 1. The summed E-state index contributed by atoms with van der Waals surface area (Å²) in [4.78, 5) is 16.4. The molecule has 0 unspecified atom stereocenters. The minimum absolute atomic E-state index is 0.302. The zero-order chi connectivity index (χ0) is 22.4. The molecular formula is C22H16F4N4O. The van der Waals surface area contributed by atoms with Gasteiger partial charge in [0.05, 0.1) is 28.9 Å². The summed E-state index contributed by atoms with van der Waals surface area (Å²) in [6, 6.07) is 13.7. The van der Waals surface area contributed by atoms with Crippen molar-refractivity contribution in [2.75, 3.05) is 5.32 Å². The number of hydrogen-bond acceptors (Lipinski definition) is 3. The van der Waals surface area contributed by atoms with Crippen LogP contribution < -0.4 is 10.6 Å². The molecule has 1 atom stereocenters. The second kappa shape index (κ2) is 9.26. The van der Waals surface area contributed by atoms with Crippen LogP contribution in [0.15, 0.2) is 66.9 Å². The number of pyridine rings is 1. The van der Waals surface area contributed by atoms with E-state index in [4.69, 9.17) is 5.26 Å². The molecule has 1 heterocycles. The number of rotatable bonds is 5. The quantitative estimate of drug-likeness (QED) is 0.538. The minimum Gasteiger partial charge on any atom is -0.325 e. The lowest BCUT2D eigenvalue weighted by Crippen LogP contribution is -2.34. The SMILES string of the molecule is N#Cc1ccc(NC(=O)N[C@@H](c2ccc(CF)cc2)c2ncccc2C(F)(F)F)cc1. The fourth-order valence-electron chi connectivity index (χ4n) is 2.92. The van der Waals surface area contributed by atoms with Gasteiger partial charge in [-0.05, 0) is 47.5 Å². The van der Waals surface area contributed by atoms with Crippen LogP contribution in [0.5, 0.6) is 0 Å². The third-order valence-corrected chi connectivity index (χ3v) is 4.43. The van der Waals surface area contributed by atoms with Gasteiger partial charge in [0.15, 0.2) is 0 Å². The highest BCUT2D eigenvalue weighted by atomic mass is 19.4. The van der Waals surface area contributed by atoms with Crippen molar-refractivity contribution in [2.45, 2.75) is 18.9 Å². The van der Waals surface area contributed by atoms with E-state index in [1.807, 2.05) is 6.07 Å². The van der Waals surface area contributed by atoms with Gasteiger partial charge in [0.25, 0.3) is 0 Å². The number of anilines is 1. The van der Waals surface area contributed by atoms with Crippen LogP contribution in [0.1, 0.15) is 34.0 Å². The molecule has 0 bridgehead atoms. The molecule has 2 amide bonds. The first-order chi connectivity index (χ1) is 14.8. The van der Waals surface area contributed by atoms with Crippen LogP contribution in [0, 0.1) is 11.3 Å². The van der Waals surface area contributed by atoms with Crippen LogP contribution in [0.3, 0.4) is 0 Å². The Kier molecular flexibility index (Phi) is 6.50. The van der Waals surface area contributed by atoms with Crippen LogP contribution in [-0.2, 0) is 12.9 Å². The molecule has 0 aliphatic heterocycles. The Balaban J connectivity index is 1.94. The molecule has 0 aliphatic rings. The Bertz CT molecular complexity index is 1090. The van der Waals surface area contributed by atoms with Gasteiger partial charge in [0, 0.05) is 11.9 Å². The van der Waals surface area contributed by atoms with E-state index in [0.29, 0.717) is 22.4 Å². The van der Waals surface area contributed by atoms with Gasteiger partial charge in [-0.2, -0.15) is 18.4 Å². The molecule has 0 saturated heterocycles. The summed E-state index contributed by atoms with van der Waals surface area (Å²) in [5.74, 6) is 0. The van der Waals surface area contributed by atoms with E-state index < -0.39 is 36.2 Å². The van der Waals surface area contributed by atoms with Gasteiger partial charge in [-0.25, -0.2) is 9.18 Å². The second-order valence-corrected chi connectivity index (χ2v) is 6.53. The molecule has 158 valence electrons. The van der Waals surface area contributed by atoms with Gasteiger partial charge in [-0.15, -0.1) is 0 Å². The topological polar surface area (TPSA) is 77.8 Å². The van der Waals surface area contributed by atoms with E-state index in [1.165, 1.54) is 54.7 Å². The third kappa shape index (κ3) is 5.36. The molecule has 0 fully saturated rings. The van der Waals surface area contributed by atoms with Crippen molar-refractivity contribution in [1.29, 1.82) is 5.26 Å². The van der Waals surface area contributed by atoms with Crippen molar-refractivity contribution in [3.8, 4) is 6.07 Å². The largest absolute Gasteiger partial charge is 0.418 e. The zero-order valence-corrected chi connectivity index (χ0v) is 15.9. The van der Waals surface area contributed by atoms with Gasteiger partial charge < -0.3 is 10.6 Å². The number of urea groups is 1. The van der Waals surface area contributed by atoms with E-state index in [9.17, 15) is 22.4 Å². The number of hydrogen-bond donors (Lipinski definition) is 2. The van der Waals surface area contributed by atoms with Crippen LogP contribution in [-0.4, -0.2) is 11.0 Å². The fourth-order valence-corrected chi connectivity index (χ4v) is 2.92. The predicted octanol–water partition coefficient (Wildman–Crippen LogP) is 5.35. The van der Waals surface area contributed by atoms with Crippen molar-refractivity contribution in [3.05, 3.63) is 94.8 Å². The van der Waals surface area contributed by atoms with Crippen LogP contribution in [0.25, 0.3) is 0 Å². The van der Waals surface area contributed by atoms with Crippen LogP contribution in [0.4, 0.5) is 28.0 Å². The maximum absolute atomic E-state index is 13.6. The van der Waals surface area contributed by atoms with Gasteiger partial charge >= 0.3 is 12.2 Å². The minimum atomic E-state index is -4.69. The fraction of sp³-hybridized carbons (Fsp3) is 0.136. The number of nitrogens with zero attached hydrogens (tertiary/aromatic N) is 2. The molecule has 0 aliphatic carbocycles. The first-order valence-corrected chi connectivity index (χ1v) is 9.06. The zero-order valence-electron chi connectivity index (χ0n) is 15.9. The highest BCUT2D eigenvalue weighted by molar-refractivity contribution is 5.89. The van der Waals surface area contributed by atoms with Crippen molar-refractivity contribution in [3.63, 3.8) is 0 Å². The first-order valence-electron chi connectivity index (χ1n) is 9.06. The van der Waals surface area contributed by atoms with Crippen molar-refractivity contribution < 1.29 is 22.4 Å². The number of nitrogens with one attached hydrogen (secondary N) is 2. The number of halogens is 4. The summed E-state index contributed by atoms with van der Waals surface area (Å²) < 4.78 is 53.5. The Morgan fingerprint density at radius 1 is 1.06 bits per heavy atom.